The number of hydrogen-bond acceptors (Lipinski definition) is 4. The van der Waals surface area contributed by atoms with Crippen LogP contribution in [0, 0.1) is 23.1 Å². The van der Waals surface area contributed by atoms with E-state index in [0.717, 1.165) is 43.5 Å². The molecule has 7 heteroatoms. The van der Waals surface area contributed by atoms with E-state index in [1.807, 2.05) is 42.5 Å². The van der Waals surface area contributed by atoms with Crippen LogP contribution in [0.5, 0.6) is 0 Å². The minimum Gasteiger partial charge on any atom is -0.390 e. The number of anilines is 1. The van der Waals surface area contributed by atoms with E-state index in [1.165, 1.54) is 12.1 Å². The summed E-state index contributed by atoms with van der Waals surface area (Å²) in [5.41, 5.74) is 3.16. The molecule has 3 aromatic rings. The fraction of sp³-hybridized carbons (Fsp3) is 0.333. The second-order valence-corrected chi connectivity index (χ2v) is 9.73. The summed E-state index contributed by atoms with van der Waals surface area (Å²) in [7, 11) is 0. The Morgan fingerprint density at radius 2 is 1.76 bits per heavy atom. The van der Waals surface area contributed by atoms with Gasteiger partial charge in [0.2, 0.25) is 0 Å². The lowest BCUT2D eigenvalue weighted by atomic mass is 9.90. The number of β-amino-alcohol motifs (C(OH)–C–C–N with tert-alkyl or cyclic N) is 1. The Labute approximate surface area is 217 Å². The van der Waals surface area contributed by atoms with Crippen molar-refractivity contribution in [1.29, 1.82) is 5.26 Å². The molecule has 3 aromatic carbocycles. The van der Waals surface area contributed by atoms with Crippen molar-refractivity contribution in [1.82, 2.24) is 10.2 Å². The topological polar surface area (TPSA) is 88.4 Å². The number of likely N-dealkylation sites (tertiary alicyclic amines) is 1. The smallest absolute Gasteiger partial charge is 0.319 e. The summed E-state index contributed by atoms with van der Waals surface area (Å²) in [6, 6.07) is 24.4. The van der Waals surface area contributed by atoms with Gasteiger partial charge in [0.1, 0.15) is 5.82 Å². The summed E-state index contributed by atoms with van der Waals surface area (Å²) in [6.45, 7) is 2.20. The lowest BCUT2D eigenvalue weighted by Crippen LogP contribution is -2.51. The van der Waals surface area contributed by atoms with Gasteiger partial charge < -0.3 is 20.6 Å². The molecule has 0 spiro atoms. The first-order chi connectivity index (χ1) is 18.0. The number of rotatable bonds is 9. The van der Waals surface area contributed by atoms with Crippen molar-refractivity contribution in [2.45, 2.75) is 37.8 Å². The summed E-state index contributed by atoms with van der Waals surface area (Å²) in [5.74, 6) is 0.322. The number of carbonyl (C=O) groups excluding carboxylic acids is 1. The molecule has 3 N–H and O–H groups in total. The highest BCUT2D eigenvalue weighted by atomic mass is 19.1. The van der Waals surface area contributed by atoms with E-state index in [4.69, 9.17) is 5.26 Å². The number of benzene rings is 3. The van der Waals surface area contributed by atoms with Crippen LogP contribution in [0.3, 0.4) is 0 Å². The van der Waals surface area contributed by atoms with Crippen LogP contribution in [0.1, 0.15) is 29.5 Å². The zero-order valence-electron chi connectivity index (χ0n) is 20.8. The number of nitrogens with one attached hydrogen (secondary N) is 2. The zero-order chi connectivity index (χ0) is 26.0. The molecule has 0 aliphatic carbocycles. The molecule has 0 aromatic heterocycles. The lowest BCUT2D eigenvalue weighted by molar-refractivity contribution is 0.0659. The quantitative estimate of drug-likeness (QED) is 0.396. The lowest BCUT2D eigenvalue weighted by Gasteiger charge is -2.35. The number of urea groups is 1. The SMILES string of the molecule is N#Cc1cccc(NC(=O)N[C@@H](Cc2ccccc2)[C@@H](O)CN2CCC(Cc3ccc(F)cc3)CC2)c1. The molecule has 1 aliphatic heterocycles. The van der Waals surface area contributed by atoms with Crippen molar-refractivity contribution < 1.29 is 14.3 Å². The highest BCUT2D eigenvalue weighted by Crippen LogP contribution is 2.22. The first kappa shape index (κ1) is 26.3. The Balaban J connectivity index is 1.33. The van der Waals surface area contributed by atoms with Crippen LogP contribution in [0.2, 0.25) is 0 Å². The van der Waals surface area contributed by atoms with Crippen LogP contribution in [0.4, 0.5) is 14.9 Å². The van der Waals surface area contributed by atoms with Gasteiger partial charge in [0, 0.05) is 12.2 Å². The molecular weight excluding hydrogens is 467 g/mol. The number of halogens is 1. The molecule has 0 radical (unpaired) electrons. The molecule has 2 atom stereocenters. The Bertz CT molecular complexity index is 1190. The maximum absolute atomic E-state index is 13.2. The van der Waals surface area contributed by atoms with Crippen LogP contribution in [-0.4, -0.2) is 47.8 Å². The maximum atomic E-state index is 13.2. The van der Waals surface area contributed by atoms with Crippen LogP contribution < -0.4 is 10.6 Å². The fourth-order valence-electron chi connectivity index (χ4n) is 4.87. The van der Waals surface area contributed by atoms with E-state index in [-0.39, 0.29) is 5.82 Å². The van der Waals surface area contributed by atoms with Crippen molar-refractivity contribution in [2.75, 3.05) is 25.0 Å². The number of nitrogens with zero attached hydrogens (tertiary/aromatic N) is 2. The third-order valence-corrected chi connectivity index (χ3v) is 6.92. The van der Waals surface area contributed by atoms with Gasteiger partial charge in [0.05, 0.1) is 23.8 Å². The number of carbonyl (C=O) groups is 1. The Hall–Kier alpha value is -3.73. The number of aliphatic hydroxyl groups is 1. The van der Waals surface area contributed by atoms with Crippen molar-refractivity contribution in [3.05, 3.63) is 101 Å². The Morgan fingerprint density at radius 1 is 1.03 bits per heavy atom. The van der Waals surface area contributed by atoms with Gasteiger partial charge >= 0.3 is 6.03 Å². The Morgan fingerprint density at radius 3 is 2.46 bits per heavy atom. The second-order valence-electron chi connectivity index (χ2n) is 9.73. The number of hydrogen-bond donors (Lipinski definition) is 3. The molecule has 1 fully saturated rings. The first-order valence-corrected chi connectivity index (χ1v) is 12.7. The highest BCUT2D eigenvalue weighted by molar-refractivity contribution is 5.89. The average Bonchev–Trinajstić information content (AvgIpc) is 2.91. The molecule has 6 nitrogen and oxygen atoms in total. The van der Waals surface area contributed by atoms with Crippen LogP contribution >= 0.6 is 0 Å². The van der Waals surface area contributed by atoms with E-state index in [0.29, 0.717) is 30.1 Å². The normalized spacial score (nSPS) is 15.9. The molecule has 1 heterocycles. The van der Waals surface area contributed by atoms with E-state index in [9.17, 15) is 14.3 Å². The van der Waals surface area contributed by atoms with Crippen LogP contribution in [0.25, 0.3) is 0 Å². The molecule has 2 amide bonds. The summed E-state index contributed by atoms with van der Waals surface area (Å²) < 4.78 is 13.2. The van der Waals surface area contributed by atoms with Gasteiger partial charge in [0.15, 0.2) is 0 Å². The second kappa shape index (κ2) is 13.0. The average molecular weight is 501 g/mol. The fourth-order valence-corrected chi connectivity index (χ4v) is 4.87. The van der Waals surface area contributed by atoms with Crippen molar-refractivity contribution in [3.63, 3.8) is 0 Å². The number of nitriles is 1. The summed E-state index contributed by atoms with van der Waals surface area (Å²) in [6.07, 6.45) is 2.69. The zero-order valence-corrected chi connectivity index (χ0v) is 20.8. The van der Waals surface area contributed by atoms with E-state index >= 15 is 0 Å². The molecule has 0 unspecified atom stereocenters. The molecule has 192 valence electrons. The molecule has 0 bridgehead atoms. The van der Waals surface area contributed by atoms with Gasteiger partial charge in [-0.1, -0.05) is 48.5 Å². The molecule has 4 rings (SSSR count). The summed E-state index contributed by atoms with van der Waals surface area (Å²) >= 11 is 0. The van der Waals surface area contributed by atoms with Gasteiger partial charge in [-0.2, -0.15) is 5.26 Å². The van der Waals surface area contributed by atoms with Gasteiger partial charge in [-0.15, -0.1) is 0 Å². The molecular formula is C30H33FN4O2. The molecule has 37 heavy (non-hydrogen) atoms. The minimum atomic E-state index is -0.759. The highest BCUT2D eigenvalue weighted by Gasteiger charge is 2.27. The number of aliphatic hydroxyl groups excluding tert-OH is 1. The van der Waals surface area contributed by atoms with Gasteiger partial charge in [-0.3, -0.25) is 0 Å². The molecule has 1 saturated heterocycles. The monoisotopic (exact) mass is 500 g/mol. The van der Waals surface area contributed by atoms with Gasteiger partial charge in [-0.25, -0.2) is 9.18 Å². The molecule has 1 aliphatic rings. The Kier molecular flexibility index (Phi) is 9.25. The van der Waals surface area contributed by atoms with E-state index < -0.39 is 18.2 Å². The van der Waals surface area contributed by atoms with Gasteiger partial charge in [0.25, 0.3) is 0 Å². The summed E-state index contributed by atoms with van der Waals surface area (Å²) in [4.78, 5) is 15.0. The maximum Gasteiger partial charge on any atom is 0.319 e. The van der Waals surface area contributed by atoms with Crippen molar-refractivity contribution in [2.24, 2.45) is 5.92 Å². The standard InChI is InChI=1S/C30H33FN4O2/c31-26-11-9-23(10-12-26)17-24-13-15-35(16-14-24)21-29(36)28(19-22-5-2-1-3-6-22)34-30(37)33-27-8-4-7-25(18-27)20-32/h1-12,18,24,28-29,36H,13-17,19,21H2,(H2,33,34,37)/t28-,29-/m0/s1. The largest absolute Gasteiger partial charge is 0.390 e. The predicted octanol–water partition coefficient (Wildman–Crippen LogP) is 4.75. The third kappa shape index (κ3) is 8.14. The van der Waals surface area contributed by atoms with Gasteiger partial charge in [-0.05, 0) is 86.1 Å². The molecule has 0 saturated carbocycles. The minimum absolute atomic E-state index is 0.212. The number of piperidine rings is 1. The number of amides is 2. The van der Waals surface area contributed by atoms with Crippen molar-refractivity contribution in [3.8, 4) is 6.07 Å². The van der Waals surface area contributed by atoms with Crippen molar-refractivity contribution >= 4 is 11.7 Å². The predicted molar refractivity (Wildman–Crippen MR) is 143 cm³/mol. The van der Waals surface area contributed by atoms with E-state index in [2.05, 4.69) is 21.6 Å². The van der Waals surface area contributed by atoms with E-state index in [1.54, 1.807) is 24.3 Å². The summed E-state index contributed by atoms with van der Waals surface area (Å²) in [5, 5.41) is 26.0. The van der Waals surface area contributed by atoms with Crippen LogP contribution in [0.15, 0.2) is 78.9 Å². The first-order valence-electron chi connectivity index (χ1n) is 12.7. The van der Waals surface area contributed by atoms with Crippen LogP contribution in [-0.2, 0) is 12.8 Å². The third-order valence-electron chi connectivity index (χ3n) is 6.92.